The molecule has 0 aliphatic carbocycles. The molecular formula is C15H14ClN3. The number of fused-ring (bicyclic) bond motifs is 1. The van der Waals surface area contributed by atoms with Gasteiger partial charge >= 0.3 is 0 Å². The van der Waals surface area contributed by atoms with Crippen LogP contribution < -0.4 is 5.73 Å². The van der Waals surface area contributed by atoms with E-state index in [0.29, 0.717) is 11.0 Å². The van der Waals surface area contributed by atoms with Gasteiger partial charge < -0.3 is 10.3 Å². The van der Waals surface area contributed by atoms with E-state index >= 15 is 0 Å². The van der Waals surface area contributed by atoms with Crippen molar-refractivity contribution < 1.29 is 0 Å². The first kappa shape index (κ1) is 12.1. The van der Waals surface area contributed by atoms with Gasteiger partial charge in [0.05, 0.1) is 10.5 Å². The van der Waals surface area contributed by atoms with E-state index in [1.54, 1.807) is 0 Å². The summed E-state index contributed by atoms with van der Waals surface area (Å²) in [5.41, 5.74) is 9.02. The van der Waals surface area contributed by atoms with Gasteiger partial charge in [-0.15, -0.1) is 0 Å². The lowest BCUT2D eigenvalue weighted by Crippen LogP contribution is -2.05. The third-order valence-electron chi connectivity index (χ3n) is 3.23. The number of aryl methyl sites for hydroxylation is 2. The van der Waals surface area contributed by atoms with Crippen molar-refractivity contribution in [1.82, 2.24) is 9.55 Å². The number of hydrogen-bond donors (Lipinski definition) is 1. The second-order valence-corrected chi connectivity index (χ2v) is 4.87. The maximum Gasteiger partial charge on any atom is 0.201 e. The van der Waals surface area contributed by atoms with Crippen molar-refractivity contribution in [2.24, 2.45) is 0 Å². The predicted molar refractivity (Wildman–Crippen MR) is 79.3 cm³/mol. The van der Waals surface area contributed by atoms with Crippen LogP contribution in [0.2, 0.25) is 5.02 Å². The van der Waals surface area contributed by atoms with Crippen LogP contribution in [0.15, 0.2) is 48.5 Å². The van der Waals surface area contributed by atoms with Gasteiger partial charge in [-0.3, -0.25) is 0 Å². The number of imidazole rings is 1. The van der Waals surface area contributed by atoms with Crippen LogP contribution in [-0.4, -0.2) is 9.55 Å². The van der Waals surface area contributed by atoms with Crippen LogP contribution >= 0.6 is 11.6 Å². The molecule has 96 valence electrons. The monoisotopic (exact) mass is 271 g/mol. The lowest BCUT2D eigenvalue weighted by atomic mass is 10.1. The van der Waals surface area contributed by atoms with Gasteiger partial charge in [0.15, 0.2) is 0 Å². The Morgan fingerprint density at radius 1 is 1.05 bits per heavy atom. The molecule has 0 radical (unpaired) electrons. The fourth-order valence-electron chi connectivity index (χ4n) is 2.25. The smallest absolute Gasteiger partial charge is 0.201 e. The summed E-state index contributed by atoms with van der Waals surface area (Å²) in [6.45, 7) is 0.798. The number of rotatable bonds is 3. The average Bonchev–Trinajstić information content (AvgIpc) is 2.75. The molecule has 0 amide bonds. The summed E-state index contributed by atoms with van der Waals surface area (Å²) in [5.74, 6) is 0.513. The molecule has 3 aromatic rings. The van der Waals surface area contributed by atoms with E-state index in [4.69, 9.17) is 17.3 Å². The van der Waals surface area contributed by atoms with Crippen LogP contribution in [0, 0.1) is 0 Å². The summed E-state index contributed by atoms with van der Waals surface area (Å²) in [5, 5.41) is 0.641. The Labute approximate surface area is 116 Å². The highest BCUT2D eigenvalue weighted by molar-refractivity contribution is 6.35. The zero-order valence-electron chi connectivity index (χ0n) is 10.4. The van der Waals surface area contributed by atoms with Gasteiger partial charge in [-0.25, -0.2) is 4.98 Å². The molecule has 3 rings (SSSR count). The summed E-state index contributed by atoms with van der Waals surface area (Å²) in [6, 6.07) is 16.1. The molecule has 4 heteroatoms. The Morgan fingerprint density at radius 3 is 2.63 bits per heavy atom. The number of para-hydroxylation sites is 1. The minimum atomic E-state index is 0.513. The first-order valence-corrected chi connectivity index (χ1v) is 6.57. The van der Waals surface area contributed by atoms with Crippen molar-refractivity contribution in [2.45, 2.75) is 13.0 Å². The summed E-state index contributed by atoms with van der Waals surface area (Å²) in [7, 11) is 0. The second kappa shape index (κ2) is 4.94. The van der Waals surface area contributed by atoms with Gasteiger partial charge in [-0.05, 0) is 24.1 Å². The average molecular weight is 272 g/mol. The molecule has 0 aliphatic rings. The SMILES string of the molecule is Nc1nc2c(Cl)cccc2n1CCc1ccccc1. The summed E-state index contributed by atoms with van der Waals surface area (Å²) < 4.78 is 2.01. The van der Waals surface area contributed by atoms with Crippen molar-refractivity contribution in [2.75, 3.05) is 5.73 Å². The first-order chi connectivity index (χ1) is 9.25. The lowest BCUT2D eigenvalue weighted by Gasteiger charge is -2.06. The third kappa shape index (κ3) is 2.29. The van der Waals surface area contributed by atoms with Gasteiger partial charge in [0.25, 0.3) is 0 Å². The summed E-state index contributed by atoms with van der Waals surface area (Å²) >= 11 is 6.13. The second-order valence-electron chi connectivity index (χ2n) is 4.46. The fraction of sp³-hybridized carbons (Fsp3) is 0.133. The topological polar surface area (TPSA) is 43.8 Å². The molecule has 0 fully saturated rings. The van der Waals surface area contributed by atoms with Crippen molar-refractivity contribution in [1.29, 1.82) is 0 Å². The Hall–Kier alpha value is -2.00. The number of nitrogen functional groups attached to an aromatic ring is 1. The summed E-state index contributed by atoms with van der Waals surface area (Å²) in [6.07, 6.45) is 0.920. The van der Waals surface area contributed by atoms with Gasteiger partial charge in [-0.2, -0.15) is 0 Å². The van der Waals surface area contributed by atoms with Crippen LogP contribution in [0.3, 0.4) is 0 Å². The largest absolute Gasteiger partial charge is 0.369 e. The Balaban J connectivity index is 1.93. The molecule has 1 aromatic heterocycles. The maximum absolute atomic E-state index is 6.13. The lowest BCUT2D eigenvalue weighted by molar-refractivity contribution is 0.726. The maximum atomic E-state index is 6.13. The zero-order chi connectivity index (χ0) is 13.2. The van der Waals surface area contributed by atoms with E-state index in [2.05, 4.69) is 17.1 Å². The fourth-order valence-corrected chi connectivity index (χ4v) is 2.46. The van der Waals surface area contributed by atoms with Crippen LogP contribution in [-0.2, 0) is 13.0 Å². The van der Waals surface area contributed by atoms with E-state index in [9.17, 15) is 0 Å². The minimum absolute atomic E-state index is 0.513. The summed E-state index contributed by atoms with van der Waals surface area (Å²) in [4.78, 5) is 4.33. The number of nitrogens with two attached hydrogens (primary N) is 1. The van der Waals surface area contributed by atoms with Crippen molar-refractivity contribution in [3.05, 3.63) is 59.1 Å². The molecule has 0 unspecified atom stereocenters. The van der Waals surface area contributed by atoms with Crippen LogP contribution in [0.5, 0.6) is 0 Å². The molecule has 0 atom stereocenters. The number of aromatic nitrogens is 2. The highest BCUT2D eigenvalue weighted by Crippen LogP contribution is 2.25. The molecule has 0 bridgehead atoms. The number of anilines is 1. The Morgan fingerprint density at radius 2 is 1.84 bits per heavy atom. The number of halogens is 1. The molecule has 0 saturated heterocycles. The van der Waals surface area contributed by atoms with Crippen molar-refractivity contribution in [3.8, 4) is 0 Å². The molecule has 0 spiro atoms. The standard InChI is InChI=1S/C15H14ClN3/c16-12-7-4-8-13-14(12)18-15(17)19(13)10-9-11-5-2-1-3-6-11/h1-8H,9-10H2,(H2,17,18). The van der Waals surface area contributed by atoms with Gasteiger partial charge in [0.1, 0.15) is 5.52 Å². The van der Waals surface area contributed by atoms with Crippen molar-refractivity contribution >= 4 is 28.6 Å². The Bertz CT molecular complexity index is 704. The minimum Gasteiger partial charge on any atom is -0.369 e. The van der Waals surface area contributed by atoms with E-state index in [1.165, 1.54) is 5.56 Å². The highest BCUT2D eigenvalue weighted by Gasteiger charge is 2.10. The van der Waals surface area contributed by atoms with Gasteiger partial charge in [0.2, 0.25) is 5.95 Å². The first-order valence-electron chi connectivity index (χ1n) is 6.20. The Kier molecular flexibility index (Phi) is 3.13. The van der Waals surface area contributed by atoms with Crippen LogP contribution in [0.25, 0.3) is 11.0 Å². The molecule has 19 heavy (non-hydrogen) atoms. The van der Waals surface area contributed by atoms with Crippen molar-refractivity contribution in [3.63, 3.8) is 0 Å². The van der Waals surface area contributed by atoms with Crippen LogP contribution in [0.4, 0.5) is 5.95 Å². The highest BCUT2D eigenvalue weighted by atomic mass is 35.5. The molecule has 1 heterocycles. The van der Waals surface area contributed by atoms with E-state index in [-0.39, 0.29) is 0 Å². The van der Waals surface area contributed by atoms with Gasteiger partial charge in [-0.1, -0.05) is 48.0 Å². The number of nitrogens with zero attached hydrogens (tertiary/aromatic N) is 2. The molecular weight excluding hydrogens is 258 g/mol. The van der Waals surface area contributed by atoms with Gasteiger partial charge in [0, 0.05) is 6.54 Å². The van der Waals surface area contributed by atoms with Crippen LogP contribution in [0.1, 0.15) is 5.56 Å². The third-order valence-corrected chi connectivity index (χ3v) is 3.53. The number of benzene rings is 2. The molecule has 2 N–H and O–H groups in total. The number of hydrogen-bond acceptors (Lipinski definition) is 2. The predicted octanol–water partition coefficient (Wildman–Crippen LogP) is 3.51. The normalized spacial score (nSPS) is 11.0. The molecule has 0 aliphatic heterocycles. The van der Waals surface area contributed by atoms with E-state index in [1.807, 2.05) is 41.0 Å². The molecule has 3 nitrogen and oxygen atoms in total. The van der Waals surface area contributed by atoms with E-state index < -0.39 is 0 Å². The molecule has 2 aromatic carbocycles. The zero-order valence-corrected chi connectivity index (χ0v) is 11.1. The quantitative estimate of drug-likeness (QED) is 0.792. The van der Waals surface area contributed by atoms with E-state index in [0.717, 1.165) is 24.0 Å². The molecule has 0 saturated carbocycles.